The maximum atomic E-state index is 5.53. The minimum atomic E-state index is 0.353. The van der Waals surface area contributed by atoms with Crippen LogP contribution in [0.5, 0.6) is 0 Å². The normalized spacial score (nSPS) is 35.7. The van der Waals surface area contributed by atoms with E-state index in [9.17, 15) is 0 Å². The molecular formula is C17H32N2O. The van der Waals surface area contributed by atoms with Crippen LogP contribution in [-0.2, 0) is 4.74 Å². The lowest BCUT2D eigenvalue weighted by molar-refractivity contribution is -0.0166. The molecule has 0 aromatic rings. The third-order valence-electron chi connectivity index (χ3n) is 6.24. The zero-order chi connectivity index (χ0) is 14.1. The molecule has 1 aliphatic carbocycles. The largest absolute Gasteiger partial charge is 0.381 e. The van der Waals surface area contributed by atoms with Crippen molar-refractivity contribution >= 4 is 0 Å². The molecule has 2 aliphatic heterocycles. The van der Waals surface area contributed by atoms with E-state index in [1.165, 1.54) is 64.6 Å². The molecule has 0 aromatic carbocycles. The molecular weight excluding hydrogens is 248 g/mol. The summed E-state index contributed by atoms with van der Waals surface area (Å²) in [6, 6.07) is 0. The molecule has 1 N–H and O–H groups in total. The van der Waals surface area contributed by atoms with Crippen LogP contribution in [0, 0.1) is 5.92 Å². The molecule has 116 valence electrons. The van der Waals surface area contributed by atoms with Crippen LogP contribution in [0.4, 0.5) is 0 Å². The molecule has 0 radical (unpaired) electrons. The van der Waals surface area contributed by atoms with Crippen LogP contribution in [0.1, 0.15) is 58.8 Å². The van der Waals surface area contributed by atoms with Gasteiger partial charge in [-0.3, -0.25) is 4.90 Å². The van der Waals surface area contributed by atoms with Crippen molar-refractivity contribution < 1.29 is 4.74 Å². The van der Waals surface area contributed by atoms with Crippen molar-refractivity contribution in [1.29, 1.82) is 0 Å². The Labute approximate surface area is 124 Å². The van der Waals surface area contributed by atoms with E-state index >= 15 is 0 Å². The summed E-state index contributed by atoms with van der Waals surface area (Å²) in [4.78, 5) is 2.84. The number of nitrogens with zero attached hydrogens (tertiary/aromatic N) is 1. The van der Waals surface area contributed by atoms with E-state index in [0.717, 1.165) is 19.1 Å². The fraction of sp³-hybridized carbons (Fsp3) is 1.00. The van der Waals surface area contributed by atoms with Gasteiger partial charge >= 0.3 is 0 Å². The monoisotopic (exact) mass is 280 g/mol. The summed E-state index contributed by atoms with van der Waals surface area (Å²) in [5, 5.41) is 3.94. The lowest BCUT2D eigenvalue weighted by Gasteiger charge is -2.53. The second-order valence-corrected chi connectivity index (χ2v) is 7.63. The molecule has 0 aromatic heterocycles. The van der Waals surface area contributed by atoms with Gasteiger partial charge in [0.25, 0.3) is 0 Å². The smallest absolute Gasteiger partial charge is 0.0469 e. The van der Waals surface area contributed by atoms with E-state index in [-0.39, 0.29) is 0 Å². The predicted molar refractivity (Wildman–Crippen MR) is 83.0 cm³/mol. The first-order valence-corrected chi connectivity index (χ1v) is 8.74. The minimum absolute atomic E-state index is 0.353. The Morgan fingerprint density at radius 3 is 2.55 bits per heavy atom. The molecule has 1 unspecified atom stereocenters. The zero-order valence-electron chi connectivity index (χ0n) is 13.4. The number of piperazine rings is 1. The molecule has 3 aliphatic rings. The highest BCUT2D eigenvalue weighted by Gasteiger charge is 2.45. The molecule has 20 heavy (non-hydrogen) atoms. The highest BCUT2D eigenvalue weighted by atomic mass is 16.5. The van der Waals surface area contributed by atoms with E-state index < -0.39 is 0 Å². The van der Waals surface area contributed by atoms with Gasteiger partial charge in [0.1, 0.15) is 0 Å². The van der Waals surface area contributed by atoms with Crippen molar-refractivity contribution in [2.45, 2.75) is 69.9 Å². The van der Waals surface area contributed by atoms with Crippen molar-refractivity contribution in [3.8, 4) is 0 Å². The fourth-order valence-corrected chi connectivity index (χ4v) is 4.36. The molecule has 1 saturated carbocycles. The highest BCUT2D eigenvalue weighted by Crippen LogP contribution is 2.37. The molecule has 3 fully saturated rings. The molecule has 3 nitrogen and oxygen atoms in total. The van der Waals surface area contributed by atoms with Crippen molar-refractivity contribution in [2.24, 2.45) is 5.92 Å². The van der Waals surface area contributed by atoms with E-state index in [1.54, 1.807) is 0 Å². The van der Waals surface area contributed by atoms with Gasteiger partial charge in [-0.2, -0.15) is 0 Å². The van der Waals surface area contributed by atoms with E-state index in [1.807, 2.05) is 0 Å². The van der Waals surface area contributed by atoms with Crippen molar-refractivity contribution in [3.63, 3.8) is 0 Å². The molecule has 2 saturated heterocycles. The van der Waals surface area contributed by atoms with Gasteiger partial charge in [0.05, 0.1) is 0 Å². The van der Waals surface area contributed by atoms with Crippen LogP contribution >= 0.6 is 0 Å². The topological polar surface area (TPSA) is 24.5 Å². The first-order valence-electron chi connectivity index (χ1n) is 8.74. The van der Waals surface area contributed by atoms with Gasteiger partial charge in [-0.05, 0) is 44.9 Å². The zero-order valence-corrected chi connectivity index (χ0v) is 13.4. The summed E-state index contributed by atoms with van der Waals surface area (Å²) < 4.78 is 5.53. The Balaban J connectivity index is 1.68. The van der Waals surface area contributed by atoms with Crippen molar-refractivity contribution in [1.82, 2.24) is 10.2 Å². The second kappa shape index (κ2) is 5.94. The third-order valence-corrected chi connectivity index (χ3v) is 6.24. The lowest BCUT2D eigenvalue weighted by atomic mass is 9.83. The minimum Gasteiger partial charge on any atom is -0.381 e. The van der Waals surface area contributed by atoms with Gasteiger partial charge in [-0.15, -0.1) is 0 Å². The van der Waals surface area contributed by atoms with Gasteiger partial charge < -0.3 is 10.1 Å². The van der Waals surface area contributed by atoms with Crippen LogP contribution in [0.15, 0.2) is 0 Å². The molecule has 1 spiro atoms. The van der Waals surface area contributed by atoms with E-state index in [4.69, 9.17) is 4.74 Å². The summed E-state index contributed by atoms with van der Waals surface area (Å²) in [6.07, 6.45) is 9.38. The van der Waals surface area contributed by atoms with Crippen LogP contribution in [0.25, 0.3) is 0 Å². The first-order chi connectivity index (χ1) is 9.66. The standard InChI is InChI=1S/C17H32N2O/c1-3-16(2)13-18-17(8-4-5-9-17)14-19(16)12-15-6-10-20-11-7-15/h15,18H,3-14H2,1-2H3. The summed E-state index contributed by atoms with van der Waals surface area (Å²) in [7, 11) is 0. The summed E-state index contributed by atoms with van der Waals surface area (Å²) >= 11 is 0. The Morgan fingerprint density at radius 2 is 1.90 bits per heavy atom. The van der Waals surface area contributed by atoms with Crippen molar-refractivity contribution in [2.75, 3.05) is 32.8 Å². The Kier molecular flexibility index (Phi) is 4.40. The van der Waals surface area contributed by atoms with E-state index in [2.05, 4.69) is 24.1 Å². The number of rotatable bonds is 3. The van der Waals surface area contributed by atoms with E-state index in [0.29, 0.717) is 11.1 Å². The summed E-state index contributed by atoms with van der Waals surface area (Å²) in [6.45, 7) is 10.5. The molecule has 3 heteroatoms. The Morgan fingerprint density at radius 1 is 1.20 bits per heavy atom. The number of ether oxygens (including phenoxy) is 1. The van der Waals surface area contributed by atoms with Gasteiger partial charge in [-0.1, -0.05) is 19.8 Å². The molecule has 0 bridgehead atoms. The maximum absolute atomic E-state index is 5.53. The number of hydrogen-bond acceptors (Lipinski definition) is 3. The van der Waals surface area contributed by atoms with Crippen LogP contribution in [0.2, 0.25) is 0 Å². The Bertz CT molecular complexity index is 321. The quantitative estimate of drug-likeness (QED) is 0.860. The van der Waals surface area contributed by atoms with Crippen LogP contribution in [-0.4, -0.2) is 48.8 Å². The Hall–Kier alpha value is -0.120. The lowest BCUT2D eigenvalue weighted by Crippen LogP contribution is -2.68. The van der Waals surface area contributed by atoms with Gasteiger partial charge in [0.15, 0.2) is 0 Å². The van der Waals surface area contributed by atoms with Gasteiger partial charge in [0, 0.05) is 43.9 Å². The summed E-state index contributed by atoms with van der Waals surface area (Å²) in [5.41, 5.74) is 0.798. The third kappa shape index (κ3) is 2.90. The number of nitrogens with one attached hydrogen (secondary N) is 1. The predicted octanol–water partition coefficient (Wildman–Crippen LogP) is 2.80. The maximum Gasteiger partial charge on any atom is 0.0469 e. The fourth-order valence-electron chi connectivity index (χ4n) is 4.36. The average molecular weight is 280 g/mol. The second-order valence-electron chi connectivity index (χ2n) is 7.63. The molecule has 3 rings (SSSR count). The molecule has 0 amide bonds. The van der Waals surface area contributed by atoms with Gasteiger partial charge in [0.2, 0.25) is 0 Å². The first kappa shape index (κ1) is 14.8. The SMILES string of the molecule is CCC1(C)CNC2(CCCC2)CN1CC1CCOCC1. The highest BCUT2D eigenvalue weighted by molar-refractivity contribution is 5.05. The molecule has 1 atom stereocenters. The van der Waals surface area contributed by atoms with Gasteiger partial charge in [-0.25, -0.2) is 0 Å². The molecule has 2 heterocycles. The van der Waals surface area contributed by atoms with Crippen LogP contribution in [0.3, 0.4) is 0 Å². The summed E-state index contributed by atoms with van der Waals surface area (Å²) in [5.74, 6) is 0.853. The van der Waals surface area contributed by atoms with Crippen LogP contribution < -0.4 is 5.32 Å². The number of hydrogen-bond donors (Lipinski definition) is 1. The average Bonchev–Trinajstić information content (AvgIpc) is 2.93. The van der Waals surface area contributed by atoms with Crippen molar-refractivity contribution in [3.05, 3.63) is 0 Å².